The molecule has 1 aromatic rings. The molecule has 0 amide bonds. The summed E-state index contributed by atoms with van der Waals surface area (Å²) < 4.78 is 16.7. The monoisotopic (exact) mass is 356 g/mol. The second-order valence-electron chi connectivity index (χ2n) is 5.88. The van der Waals surface area contributed by atoms with Crippen molar-refractivity contribution in [1.29, 1.82) is 0 Å². The van der Waals surface area contributed by atoms with Crippen LogP contribution >= 0.6 is 15.9 Å². The van der Waals surface area contributed by atoms with Gasteiger partial charge in [-0.25, -0.2) is 0 Å². The van der Waals surface area contributed by atoms with Crippen LogP contribution in [0.1, 0.15) is 38.5 Å². The number of benzene rings is 1. The van der Waals surface area contributed by atoms with Crippen molar-refractivity contribution in [2.24, 2.45) is 5.41 Å². The second-order valence-corrected chi connectivity index (χ2v) is 6.45. The van der Waals surface area contributed by atoms with Gasteiger partial charge in [-0.05, 0) is 12.8 Å². The normalized spacial score (nSPS) is 17.9. The maximum Gasteiger partial charge on any atom is 0.126 e. The lowest BCUT2D eigenvalue weighted by molar-refractivity contribution is 0.148. The summed E-state index contributed by atoms with van der Waals surface area (Å²) in [6.07, 6.45) is 7.77. The maximum absolute atomic E-state index is 6.09. The van der Waals surface area contributed by atoms with Crippen LogP contribution < -0.4 is 14.2 Å². The Morgan fingerprint density at radius 3 is 1.90 bits per heavy atom. The van der Waals surface area contributed by atoms with Gasteiger partial charge in [0, 0.05) is 28.9 Å². The van der Waals surface area contributed by atoms with Crippen molar-refractivity contribution in [2.75, 3.05) is 26.2 Å². The molecule has 0 radical (unpaired) electrons. The van der Waals surface area contributed by atoms with E-state index in [-0.39, 0.29) is 5.41 Å². The number of hydrogen-bond donors (Lipinski definition) is 0. The summed E-state index contributed by atoms with van der Waals surface area (Å²) in [5.74, 6) is 2.34. The van der Waals surface area contributed by atoms with Gasteiger partial charge in [-0.2, -0.15) is 0 Å². The molecule has 1 aromatic carbocycles. The molecule has 0 unspecified atom stereocenters. The molecule has 2 rings (SSSR count). The third-order valence-corrected chi connectivity index (χ3v) is 5.51. The number of halogens is 1. The molecular formula is C17H25BrO3. The van der Waals surface area contributed by atoms with Crippen LogP contribution in [0.3, 0.4) is 0 Å². The Balaban J connectivity index is 2.06. The van der Waals surface area contributed by atoms with Crippen LogP contribution in [-0.2, 0) is 0 Å². The highest BCUT2D eigenvalue weighted by atomic mass is 79.9. The van der Waals surface area contributed by atoms with Gasteiger partial charge in [0.2, 0.25) is 0 Å². The van der Waals surface area contributed by atoms with Crippen molar-refractivity contribution in [3.8, 4) is 17.2 Å². The van der Waals surface area contributed by atoms with Crippen molar-refractivity contribution in [3.05, 3.63) is 18.2 Å². The molecule has 0 aliphatic heterocycles. The first-order valence-corrected chi connectivity index (χ1v) is 8.75. The topological polar surface area (TPSA) is 27.7 Å². The van der Waals surface area contributed by atoms with E-state index in [0.29, 0.717) is 0 Å². The minimum atomic E-state index is 0.257. The van der Waals surface area contributed by atoms with Crippen LogP contribution in [0.4, 0.5) is 0 Å². The lowest BCUT2D eigenvalue weighted by Crippen LogP contribution is -2.30. The SMILES string of the molecule is COc1cc(OC)cc(OCC2(CBr)CCCCCC2)c1. The first-order chi connectivity index (χ1) is 10.2. The highest BCUT2D eigenvalue weighted by Gasteiger charge is 2.30. The van der Waals surface area contributed by atoms with Gasteiger partial charge in [0.1, 0.15) is 17.2 Å². The van der Waals surface area contributed by atoms with Crippen LogP contribution in [0, 0.1) is 5.41 Å². The summed E-state index contributed by atoms with van der Waals surface area (Å²) in [5, 5.41) is 1.00. The highest BCUT2D eigenvalue weighted by molar-refractivity contribution is 9.09. The van der Waals surface area contributed by atoms with Crippen LogP contribution in [0.15, 0.2) is 18.2 Å². The van der Waals surface area contributed by atoms with Gasteiger partial charge < -0.3 is 14.2 Å². The maximum atomic E-state index is 6.09. The molecule has 1 aliphatic carbocycles. The summed E-state index contributed by atoms with van der Waals surface area (Å²) >= 11 is 3.70. The molecule has 0 saturated heterocycles. The van der Waals surface area contributed by atoms with E-state index in [1.165, 1.54) is 38.5 Å². The van der Waals surface area contributed by atoms with Gasteiger partial charge in [-0.3, -0.25) is 0 Å². The van der Waals surface area contributed by atoms with Gasteiger partial charge in [0.25, 0.3) is 0 Å². The fraction of sp³-hybridized carbons (Fsp3) is 0.647. The molecule has 4 heteroatoms. The van der Waals surface area contributed by atoms with E-state index in [1.807, 2.05) is 18.2 Å². The number of ether oxygens (including phenoxy) is 3. The molecule has 21 heavy (non-hydrogen) atoms. The number of methoxy groups -OCH3 is 2. The summed E-state index contributed by atoms with van der Waals surface area (Å²) in [5.41, 5.74) is 0.257. The molecule has 1 saturated carbocycles. The van der Waals surface area contributed by atoms with Crippen LogP contribution in [0.2, 0.25) is 0 Å². The predicted octanol–water partition coefficient (Wildman–Crippen LogP) is 4.82. The molecule has 0 aromatic heterocycles. The molecule has 0 atom stereocenters. The van der Waals surface area contributed by atoms with Gasteiger partial charge in [-0.1, -0.05) is 41.6 Å². The fourth-order valence-corrected chi connectivity index (χ4v) is 3.62. The van der Waals surface area contributed by atoms with E-state index < -0.39 is 0 Å². The molecular weight excluding hydrogens is 332 g/mol. The molecule has 1 fully saturated rings. The van der Waals surface area contributed by atoms with Crippen molar-refractivity contribution in [3.63, 3.8) is 0 Å². The Morgan fingerprint density at radius 1 is 0.905 bits per heavy atom. The molecule has 0 N–H and O–H groups in total. The predicted molar refractivity (Wildman–Crippen MR) is 89.0 cm³/mol. The summed E-state index contributed by atoms with van der Waals surface area (Å²) in [6.45, 7) is 0.745. The fourth-order valence-electron chi connectivity index (χ4n) is 2.90. The van der Waals surface area contributed by atoms with E-state index in [1.54, 1.807) is 14.2 Å². The Kier molecular flexibility index (Phi) is 6.22. The Morgan fingerprint density at radius 2 is 1.43 bits per heavy atom. The first kappa shape index (κ1) is 16.5. The lowest BCUT2D eigenvalue weighted by Gasteiger charge is -2.30. The zero-order chi connectivity index (χ0) is 15.1. The third kappa shape index (κ3) is 4.53. The van der Waals surface area contributed by atoms with E-state index in [0.717, 1.165) is 29.2 Å². The van der Waals surface area contributed by atoms with Gasteiger partial charge in [-0.15, -0.1) is 0 Å². The number of hydrogen-bond acceptors (Lipinski definition) is 3. The summed E-state index contributed by atoms with van der Waals surface area (Å²) in [6, 6.07) is 5.70. The molecule has 3 nitrogen and oxygen atoms in total. The Bertz CT molecular complexity index is 417. The van der Waals surface area contributed by atoms with E-state index in [2.05, 4.69) is 15.9 Å². The Hall–Kier alpha value is -0.900. The third-order valence-electron chi connectivity index (χ3n) is 4.32. The standard InChI is InChI=1S/C17H25BrO3/c1-19-14-9-15(20-2)11-16(10-14)21-13-17(12-18)7-5-3-4-6-8-17/h9-11H,3-8,12-13H2,1-2H3. The van der Waals surface area contributed by atoms with Crippen molar-refractivity contribution >= 4 is 15.9 Å². The van der Waals surface area contributed by atoms with E-state index >= 15 is 0 Å². The van der Waals surface area contributed by atoms with Crippen LogP contribution in [0.25, 0.3) is 0 Å². The average Bonchev–Trinajstić information content (AvgIpc) is 2.78. The number of alkyl halides is 1. The van der Waals surface area contributed by atoms with Gasteiger partial charge in [0.05, 0.1) is 20.8 Å². The Labute approximate surface area is 136 Å². The van der Waals surface area contributed by atoms with Crippen molar-refractivity contribution in [2.45, 2.75) is 38.5 Å². The van der Waals surface area contributed by atoms with Crippen LogP contribution in [0.5, 0.6) is 17.2 Å². The zero-order valence-electron chi connectivity index (χ0n) is 13.0. The lowest BCUT2D eigenvalue weighted by atomic mass is 9.83. The average molecular weight is 357 g/mol. The molecule has 0 bridgehead atoms. The van der Waals surface area contributed by atoms with Gasteiger partial charge in [0.15, 0.2) is 0 Å². The molecule has 118 valence electrons. The smallest absolute Gasteiger partial charge is 0.126 e. The summed E-state index contributed by atoms with van der Waals surface area (Å²) in [4.78, 5) is 0. The molecule has 0 spiro atoms. The summed E-state index contributed by atoms with van der Waals surface area (Å²) in [7, 11) is 3.31. The van der Waals surface area contributed by atoms with Crippen molar-refractivity contribution in [1.82, 2.24) is 0 Å². The van der Waals surface area contributed by atoms with E-state index in [9.17, 15) is 0 Å². The number of rotatable bonds is 6. The minimum Gasteiger partial charge on any atom is -0.496 e. The van der Waals surface area contributed by atoms with Gasteiger partial charge >= 0.3 is 0 Å². The first-order valence-electron chi connectivity index (χ1n) is 7.63. The largest absolute Gasteiger partial charge is 0.496 e. The quantitative estimate of drug-likeness (QED) is 0.540. The zero-order valence-corrected chi connectivity index (χ0v) is 14.6. The molecule has 0 heterocycles. The van der Waals surface area contributed by atoms with Crippen molar-refractivity contribution < 1.29 is 14.2 Å². The second kappa shape index (κ2) is 7.92. The van der Waals surface area contributed by atoms with Crippen LogP contribution in [-0.4, -0.2) is 26.2 Å². The minimum absolute atomic E-state index is 0.257. The van der Waals surface area contributed by atoms with E-state index in [4.69, 9.17) is 14.2 Å². The highest BCUT2D eigenvalue weighted by Crippen LogP contribution is 2.38. The molecule has 1 aliphatic rings.